The Kier molecular flexibility index (Phi) is 5.39. The minimum atomic E-state index is 0.515. The molecule has 4 heteroatoms. The van der Waals surface area contributed by atoms with Crippen LogP contribution < -0.4 is 9.47 Å². The highest BCUT2D eigenvalue weighted by molar-refractivity contribution is 5.89. The third kappa shape index (κ3) is 3.90. The van der Waals surface area contributed by atoms with Gasteiger partial charge in [-0.15, -0.1) is 0 Å². The molecule has 0 aromatic heterocycles. The van der Waals surface area contributed by atoms with Crippen LogP contribution in [0.4, 0.5) is 0 Å². The summed E-state index contributed by atoms with van der Waals surface area (Å²) in [6, 6.07) is 16.7. The Bertz CT molecular complexity index is 794. The lowest BCUT2D eigenvalue weighted by atomic mass is 10.0. The maximum absolute atomic E-state index is 9.39. The number of benzene rings is 2. The SMILES string of the molecule is CCOc1ccc(C=C(C#N)c2ccc(C#N)cc2)cc1OC. The second-order valence-electron chi connectivity index (χ2n) is 4.70. The van der Waals surface area contributed by atoms with Gasteiger partial charge in [-0.05, 0) is 48.4 Å². The van der Waals surface area contributed by atoms with E-state index < -0.39 is 0 Å². The molecule has 0 aliphatic rings. The van der Waals surface area contributed by atoms with E-state index in [-0.39, 0.29) is 0 Å². The van der Waals surface area contributed by atoms with Crippen molar-refractivity contribution >= 4 is 11.6 Å². The lowest BCUT2D eigenvalue weighted by Crippen LogP contribution is -1.95. The van der Waals surface area contributed by atoms with Crippen molar-refractivity contribution in [2.24, 2.45) is 0 Å². The van der Waals surface area contributed by atoms with Crippen LogP contribution in [-0.2, 0) is 0 Å². The summed E-state index contributed by atoms with van der Waals surface area (Å²) in [4.78, 5) is 0. The van der Waals surface area contributed by atoms with Gasteiger partial charge in [0.1, 0.15) is 0 Å². The highest BCUT2D eigenvalue weighted by atomic mass is 16.5. The average Bonchev–Trinajstić information content (AvgIpc) is 2.61. The summed E-state index contributed by atoms with van der Waals surface area (Å²) in [7, 11) is 1.58. The summed E-state index contributed by atoms with van der Waals surface area (Å²) in [5, 5.41) is 18.2. The van der Waals surface area contributed by atoms with E-state index in [0.717, 1.165) is 11.1 Å². The molecule has 4 nitrogen and oxygen atoms in total. The van der Waals surface area contributed by atoms with Crippen molar-refractivity contribution < 1.29 is 9.47 Å². The van der Waals surface area contributed by atoms with Gasteiger partial charge in [0.05, 0.1) is 37.0 Å². The quantitative estimate of drug-likeness (QED) is 0.618. The predicted molar refractivity (Wildman–Crippen MR) is 88.8 cm³/mol. The van der Waals surface area contributed by atoms with Crippen molar-refractivity contribution in [1.82, 2.24) is 0 Å². The first-order valence-corrected chi connectivity index (χ1v) is 7.15. The molecule has 23 heavy (non-hydrogen) atoms. The minimum Gasteiger partial charge on any atom is -0.493 e. The topological polar surface area (TPSA) is 66.0 Å². The molecule has 0 saturated heterocycles. The number of ether oxygens (including phenoxy) is 2. The first kappa shape index (κ1) is 16.1. The molecule has 0 aliphatic carbocycles. The molecule has 0 unspecified atom stereocenters. The normalized spacial score (nSPS) is 10.5. The molecule has 0 aliphatic heterocycles. The van der Waals surface area contributed by atoms with Crippen LogP contribution >= 0.6 is 0 Å². The second kappa shape index (κ2) is 7.68. The fourth-order valence-electron chi connectivity index (χ4n) is 2.12. The van der Waals surface area contributed by atoms with E-state index >= 15 is 0 Å². The van der Waals surface area contributed by atoms with Crippen LogP contribution in [0.1, 0.15) is 23.6 Å². The highest BCUT2D eigenvalue weighted by Crippen LogP contribution is 2.29. The Morgan fingerprint density at radius 2 is 1.83 bits per heavy atom. The number of nitrogens with zero attached hydrogens (tertiary/aromatic N) is 2. The Balaban J connectivity index is 2.37. The summed E-state index contributed by atoms with van der Waals surface area (Å²) in [5.41, 5.74) is 2.68. The van der Waals surface area contributed by atoms with Crippen molar-refractivity contribution in [2.45, 2.75) is 6.92 Å². The van der Waals surface area contributed by atoms with Gasteiger partial charge in [-0.3, -0.25) is 0 Å². The Labute approximate surface area is 135 Å². The van der Waals surface area contributed by atoms with E-state index in [0.29, 0.717) is 29.2 Å². The van der Waals surface area contributed by atoms with Crippen LogP contribution in [0.25, 0.3) is 11.6 Å². The van der Waals surface area contributed by atoms with Crippen molar-refractivity contribution in [1.29, 1.82) is 10.5 Å². The summed E-state index contributed by atoms with van der Waals surface area (Å²) in [5.74, 6) is 1.29. The van der Waals surface area contributed by atoms with Crippen LogP contribution in [0.5, 0.6) is 11.5 Å². The smallest absolute Gasteiger partial charge is 0.161 e. The average molecular weight is 304 g/mol. The Morgan fingerprint density at radius 1 is 1.09 bits per heavy atom. The molecule has 0 fully saturated rings. The zero-order chi connectivity index (χ0) is 16.7. The Hall–Kier alpha value is -3.24. The molecule has 114 valence electrons. The number of rotatable bonds is 5. The maximum atomic E-state index is 9.39. The van der Waals surface area contributed by atoms with Crippen molar-refractivity contribution in [3.05, 3.63) is 59.2 Å². The van der Waals surface area contributed by atoms with E-state index in [1.165, 1.54) is 0 Å². The predicted octanol–water partition coefficient (Wildman–Crippen LogP) is 4.03. The first-order chi connectivity index (χ1) is 11.2. The van der Waals surface area contributed by atoms with Gasteiger partial charge in [0, 0.05) is 0 Å². The standard InChI is InChI=1S/C19H16N2O2/c1-3-23-18-9-6-15(11-19(18)22-2)10-17(13-21)16-7-4-14(12-20)5-8-16/h4-11H,3H2,1-2H3. The molecule has 2 rings (SSSR count). The van der Waals surface area contributed by atoms with Gasteiger partial charge in [0.25, 0.3) is 0 Å². The summed E-state index contributed by atoms with van der Waals surface area (Å²) in [6.45, 7) is 2.46. The maximum Gasteiger partial charge on any atom is 0.161 e. The van der Waals surface area contributed by atoms with Gasteiger partial charge < -0.3 is 9.47 Å². The third-order valence-corrected chi connectivity index (χ3v) is 3.24. The van der Waals surface area contributed by atoms with E-state index in [1.807, 2.05) is 25.1 Å². The first-order valence-electron chi connectivity index (χ1n) is 7.15. The molecule has 2 aromatic rings. The van der Waals surface area contributed by atoms with Gasteiger partial charge in [0.15, 0.2) is 11.5 Å². The molecule has 0 spiro atoms. The second-order valence-corrected chi connectivity index (χ2v) is 4.70. The molecule has 0 atom stereocenters. The number of methoxy groups -OCH3 is 1. The van der Waals surface area contributed by atoms with Gasteiger partial charge >= 0.3 is 0 Å². The molecule has 0 amide bonds. The van der Waals surface area contributed by atoms with E-state index in [2.05, 4.69) is 12.1 Å². The van der Waals surface area contributed by atoms with Crippen LogP contribution in [0.15, 0.2) is 42.5 Å². The van der Waals surface area contributed by atoms with E-state index in [4.69, 9.17) is 14.7 Å². The van der Waals surface area contributed by atoms with Gasteiger partial charge in [-0.25, -0.2) is 0 Å². The summed E-state index contributed by atoms with van der Waals surface area (Å²) >= 11 is 0. The lowest BCUT2D eigenvalue weighted by Gasteiger charge is -2.10. The molecule has 0 radical (unpaired) electrons. The van der Waals surface area contributed by atoms with Crippen LogP contribution in [0.3, 0.4) is 0 Å². The minimum absolute atomic E-state index is 0.515. The molecule has 0 bridgehead atoms. The summed E-state index contributed by atoms with van der Waals surface area (Å²) < 4.78 is 10.8. The highest BCUT2D eigenvalue weighted by Gasteiger charge is 2.06. The van der Waals surface area contributed by atoms with E-state index in [1.54, 1.807) is 37.5 Å². The lowest BCUT2D eigenvalue weighted by molar-refractivity contribution is 0.311. The molecule has 0 N–H and O–H groups in total. The van der Waals surface area contributed by atoms with E-state index in [9.17, 15) is 5.26 Å². The van der Waals surface area contributed by atoms with Gasteiger partial charge in [-0.2, -0.15) is 10.5 Å². The van der Waals surface area contributed by atoms with Crippen LogP contribution in [0.2, 0.25) is 0 Å². The zero-order valence-corrected chi connectivity index (χ0v) is 13.0. The van der Waals surface area contributed by atoms with Crippen molar-refractivity contribution in [2.75, 3.05) is 13.7 Å². The molecular formula is C19H16N2O2. The van der Waals surface area contributed by atoms with Gasteiger partial charge in [0.2, 0.25) is 0 Å². The fraction of sp³-hybridized carbons (Fsp3) is 0.158. The van der Waals surface area contributed by atoms with Crippen LogP contribution in [0, 0.1) is 22.7 Å². The number of allylic oxidation sites excluding steroid dienone is 1. The fourth-order valence-corrected chi connectivity index (χ4v) is 2.12. The summed E-state index contributed by atoms with van der Waals surface area (Å²) in [6.07, 6.45) is 1.78. The number of hydrogen-bond acceptors (Lipinski definition) is 4. The monoisotopic (exact) mass is 304 g/mol. The molecular weight excluding hydrogens is 288 g/mol. The largest absolute Gasteiger partial charge is 0.493 e. The van der Waals surface area contributed by atoms with Crippen molar-refractivity contribution in [3.63, 3.8) is 0 Å². The number of hydrogen-bond donors (Lipinski definition) is 0. The Morgan fingerprint density at radius 3 is 2.39 bits per heavy atom. The molecule has 0 heterocycles. The molecule has 2 aromatic carbocycles. The van der Waals surface area contributed by atoms with Crippen molar-refractivity contribution in [3.8, 4) is 23.6 Å². The third-order valence-electron chi connectivity index (χ3n) is 3.24. The van der Waals surface area contributed by atoms with Crippen LogP contribution in [-0.4, -0.2) is 13.7 Å². The zero-order valence-electron chi connectivity index (χ0n) is 13.0. The number of nitriles is 2. The molecule has 0 saturated carbocycles. The van der Waals surface area contributed by atoms with Gasteiger partial charge in [-0.1, -0.05) is 18.2 Å².